The third-order valence-electron chi connectivity index (χ3n) is 6.71. The molecule has 0 amide bonds. The molecule has 1 unspecified atom stereocenters. The van der Waals surface area contributed by atoms with Gasteiger partial charge in [0.2, 0.25) is 0 Å². The molecule has 1 aromatic carbocycles. The molecule has 3 aliphatic heterocycles. The number of carbonyl (C=O) groups excluding carboxylic acids is 1. The van der Waals surface area contributed by atoms with E-state index in [1.165, 1.54) is 6.34 Å². The first-order chi connectivity index (χ1) is 15.5. The summed E-state index contributed by atoms with van der Waals surface area (Å²) in [6.07, 6.45) is 1.39. The zero-order chi connectivity index (χ0) is 22.3. The predicted molar refractivity (Wildman–Crippen MR) is 116 cm³/mol. The molecule has 0 bridgehead atoms. The number of fused-ring (bicyclic) bond motifs is 1. The molecular formula is C22H27N5O5. The molecule has 0 aromatic heterocycles. The number of carbonyl (C=O) groups is 1. The molecule has 10 heteroatoms. The van der Waals surface area contributed by atoms with Gasteiger partial charge in [0.05, 0.1) is 5.56 Å². The SMILES string of the molecule is NC1(C2CCCC2)N=CN=C2C1=NCN2[C@@H]1O[C@H](COC(=O)c2ccccc2)[C@@H](O)[C@H]1O. The van der Waals surface area contributed by atoms with Crippen LogP contribution in [0.25, 0.3) is 0 Å². The standard InChI is InChI=1S/C22H27N5O5/c23-22(14-8-4-5-9-14)18-19(24-11-26-22)27(12-25-18)20-17(29)16(28)15(32-20)10-31-21(30)13-6-2-1-3-7-13/h1-3,6-7,11,14-17,20,28-29H,4-5,8-10,12,23H2/t15-,16-,17-,20-,22?/m1/s1. The molecule has 5 rings (SSSR count). The Morgan fingerprint density at radius 3 is 2.72 bits per heavy atom. The van der Waals surface area contributed by atoms with E-state index in [4.69, 9.17) is 15.2 Å². The normalized spacial score (nSPS) is 34.4. The molecule has 5 atom stereocenters. The van der Waals surface area contributed by atoms with E-state index in [0.29, 0.717) is 17.1 Å². The molecular weight excluding hydrogens is 414 g/mol. The molecule has 0 spiro atoms. The first-order valence-corrected chi connectivity index (χ1v) is 10.9. The van der Waals surface area contributed by atoms with Crippen LogP contribution in [-0.4, -0.2) is 82.4 Å². The number of benzene rings is 1. The summed E-state index contributed by atoms with van der Waals surface area (Å²) < 4.78 is 11.2. The smallest absolute Gasteiger partial charge is 0.338 e. The van der Waals surface area contributed by atoms with Crippen molar-refractivity contribution in [3.63, 3.8) is 0 Å². The molecule has 0 radical (unpaired) electrons. The number of aliphatic hydroxyl groups is 2. The Morgan fingerprint density at radius 2 is 1.97 bits per heavy atom. The van der Waals surface area contributed by atoms with Crippen LogP contribution < -0.4 is 5.73 Å². The minimum Gasteiger partial charge on any atom is -0.459 e. The fourth-order valence-electron chi connectivity index (χ4n) is 4.91. The summed E-state index contributed by atoms with van der Waals surface area (Å²) in [5.41, 5.74) is 6.75. The molecule has 10 nitrogen and oxygen atoms in total. The van der Waals surface area contributed by atoms with Crippen LogP contribution in [0.3, 0.4) is 0 Å². The molecule has 2 fully saturated rings. The van der Waals surface area contributed by atoms with Crippen LogP contribution >= 0.6 is 0 Å². The van der Waals surface area contributed by atoms with Gasteiger partial charge in [0.1, 0.15) is 43.6 Å². The summed E-state index contributed by atoms with van der Waals surface area (Å²) in [5, 5.41) is 21.2. The Hall–Kier alpha value is -2.66. The lowest BCUT2D eigenvalue weighted by Gasteiger charge is -2.35. The highest BCUT2D eigenvalue weighted by atomic mass is 16.6. The van der Waals surface area contributed by atoms with Crippen LogP contribution in [0.4, 0.5) is 0 Å². The lowest BCUT2D eigenvalue weighted by Crippen LogP contribution is -2.58. The van der Waals surface area contributed by atoms with E-state index in [0.717, 1.165) is 25.7 Å². The Balaban J connectivity index is 1.26. The van der Waals surface area contributed by atoms with Gasteiger partial charge in [-0.25, -0.2) is 14.8 Å². The second kappa shape index (κ2) is 8.36. The number of rotatable bonds is 5. The molecule has 4 N–H and O–H groups in total. The maximum atomic E-state index is 12.2. The van der Waals surface area contributed by atoms with E-state index >= 15 is 0 Å². The van der Waals surface area contributed by atoms with Gasteiger partial charge in [-0.15, -0.1) is 0 Å². The van der Waals surface area contributed by atoms with Crippen LogP contribution in [0.1, 0.15) is 36.0 Å². The molecule has 4 aliphatic rings. The van der Waals surface area contributed by atoms with Gasteiger partial charge in [0, 0.05) is 5.92 Å². The number of nitrogens with zero attached hydrogens (tertiary/aromatic N) is 4. The molecule has 170 valence electrons. The lowest BCUT2D eigenvalue weighted by molar-refractivity contribution is -0.0720. The van der Waals surface area contributed by atoms with Crippen LogP contribution in [0.2, 0.25) is 0 Å². The van der Waals surface area contributed by atoms with E-state index < -0.39 is 36.2 Å². The van der Waals surface area contributed by atoms with Gasteiger partial charge in [-0.05, 0) is 25.0 Å². The molecule has 1 saturated carbocycles. The highest BCUT2D eigenvalue weighted by molar-refractivity contribution is 6.47. The zero-order valence-electron chi connectivity index (χ0n) is 17.6. The molecule has 3 heterocycles. The number of aliphatic imine (C=N–C) groups is 3. The van der Waals surface area contributed by atoms with Crippen molar-refractivity contribution in [1.29, 1.82) is 0 Å². The Morgan fingerprint density at radius 1 is 1.22 bits per heavy atom. The third kappa shape index (κ3) is 3.53. The summed E-state index contributed by atoms with van der Waals surface area (Å²) in [7, 11) is 0. The molecule has 1 aromatic rings. The van der Waals surface area contributed by atoms with E-state index in [1.54, 1.807) is 35.2 Å². The maximum Gasteiger partial charge on any atom is 0.338 e. The van der Waals surface area contributed by atoms with Crippen molar-refractivity contribution in [1.82, 2.24) is 4.90 Å². The summed E-state index contributed by atoms with van der Waals surface area (Å²) in [6.45, 7) is -0.00495. The topological polar surface area (TPSA) is 142 Å². The first kappa shape index (κ1) is 21.2. The maximum absolute atomic E-state index is 12.2. The fourth-order valence-corrected chi connectivity index (χ4v) is 4.91. The van der Waals surface area contributed by atoms with Crippen LogP contribution in [0, 0.1) is 5.92 Å². The molecule has 32 heavy (non-hydrogen) atoms. The van der Waals surface area contributed by atoms with Crippen molar-refractivity contribution in [2.24, 2.45) is 26.6 Å². The Kier molecular flexibility index (Phi) is 5.54. The first-order valence-electron chi connectivity index (χ1n) is 10.9. The third-order valence-corrected chi connectivity index (χ3v) is 6.71. The van der Waals surface area contributed by atoms with E-state index in [-0.39, 0.29) is 19.2 Å². The minimum absolute atomic E-state index is 0.188. The van der Waals surface area contributed by atoms with Crippen molar-refractivity contribution in [3.05, 3.63) is 35.9 Å². The van der Waals surface area contributed by atoms with Gasteiger partial charge in [-0.1, -0.05) is 31.0 Å². The van der Waals surface area contributed by atoms with Crippen LogP contribution in [0.5, 0.6) is 0 Å². The molecule has 1 aliphatic carbocycles. The Bertz CT molecular complexity index is 961. The summed E-state index contributed by atoms with van der Waals surface area (Å²) in [5.74, 6) is 0.171. The minimum atomic E-state index is -1.23. The number of aliphatic hydroxyl groups excluding tert-OH is 2. The summed E-state index contributed by atoms with van der Waals surface area (Å²) >= 11 is 0. The van der Waals surface area contributed by atoms with Gasteiger partial charge >= 0.3 is 5.97 Å². The van der Waals surface area contributed by atoms with Gasteiger partial charge in [0.25, 0.3) is 0 Å². The number of nitrogens with two attached hydrogens (primary N) is 1. The van der Waals surface area contributed by atoms with E-state index in [1.807, 2.05) is 0 Å². The number of esters is 1. The number of hydrogen-bond donors (Lipinski definition) is 3. The second-order valence-electron chi connectivity index (χ2n) is 8.63. The monoisotopic (exact) mass is 441 g/mol. The van der Waals surface area contributed by atoms with Gasteiger partial charge in [0.15, 0.2) is 17.7 Å². The second-order valence-corrected chi connectivity index (χ2v) is 8.63. The molecule has 1 saturated heterocycles. The average Bonchev–Trinajstić information content (AvgIpc) is 3.55. The largest absolute Gasteiger partial charge is 0.459 e. The lowest BCUT2D eigenvalue weighted by atomic mass is 9.86. The van der Waals surface area contributed by atoms with Crippen molar-refractivity contribution in [3.8, 4) is 0 Å². The number of ether oxygens (including phenoxy) is 2. The number of hydrogen-bond acceptors (Lipinski definition) is 10. The van der Waals surface area contributed by atoms with Crippen molar-refractivity contribution < 1.29 is 24.5 Å². The van der Waals surface area contributed by atoms with Crippen molar-refractivity contribution in [2.75, 3.05) is 13.3 Å². The summed E-state index contributed by atoms with van der Waals surface area (Å²) in [6, 6.07) is 8.55. The van der Waals surface area contributed by atoms with Crippen molar-refractivity contribution in [2.45, 2.75) is 55.9 Å². The van der Waals surface area contributed by atoms with Gasteiger partial charge in [-0.3, -0.25) is 4.99 Å². The fraction of sp³-hybridized carbons (Fsp3) is 0.545. The number of amidine groups is 1. The van der Waals surface area contributed by atoms with E-state index in [2.05, 4.69) is 15.0 Å². The highest BCUT2D eigenvalue weighted by Crippen LogP contribution is 2.38. The summed E-state index contributed by atoms with van der Waals surface area (Å²) in [4.78, 5) is 27.3. The van der Waals surface area contributed by atoms with Gasteiger partial charge < -0.3 is 30.3 Å². The average molecular weight is 441 g/mol. The van der Waals surface area contributed by atoms with E-state index in [9.17, 15) is 15.0 Å². The van der Waals surface area contributed by atoms with Crippen LogP contribution in [0.15, 0.2) is 45.3 Å². The highest BCUT2D eigenvalue weighted by Gasteiger charge is 2.52. The predicted octanol–water partition coefficient (Wildman–Crippen LogP) is 0.290. The van der Waals surface area contributed by atoms with Gasteiger partial charge in [-0.2, -0.15) is 0 Å². The van der Waals surface area contributed by atoms with Crippen molar-refractivity contribution >= 4 is 23.9 Å². The Labute approximate surface area is 185 Å². The quantitative estimate of drug-likeness (QED) is 0.558. The zero-order valence-corrected chi connectivity index (χ0v) is 17.6. The van der Waals surface area contributed by atoms with Crippen LogP contribution in [-0.2, 0) is 9.47 Å².